The van der Waals surface area contributed by atoms with Crippen molar-refractivity contribution in [1.29, 1.82) is 0 Å². The Morgan fingerprint density at radius 2 is 1.75 bits per heavy atom. The van der Waals surface area contributed by atoms with Crippen molar-refractivity contribution in [1.82, 2.24) is 4.98 Å². The number of carbonyl (C=O) groups excluding carboxylic acids is 1. The molecule has 0 radical (unpaired) electrons. The number of nitrogens with one attached hydrogen (secondary N) is 1. The molecule has 3 nitrogen and oxygen atoms in total. The molecule has 0 amide bonds. The first-order valence-corrected chi connectivity index (χ1v) is 7.45. The number of pyridine rings is 1. The van der Waals surface area contributed by atoms with Gasteiger partial charge in [0.05, 0.1) is 0 Å². The zero-order chi connectivity index (χ0) is 13.4. The molecule has 3 heteroatoms. The number of benzene rings is 1. The Kier molecular flexibility index (Phi) is 1.84. The summed E-state index contributed by atoms with van der Waals surface area (Å²) in [6.07, 6.45) is 3.50. The maximum Gasteiger partial charge on any atom is 0.252 e. The average molecular weight is 265 g/mol. The number of H-pyrrole nitrogens is 1. The van der Waals surface area contributed by atoms with E-state index in [1.807, 2.05) is 24.3 Å². The maximum absolute atomic E-state index is 12.9. The van der Waals surface area contributed by atoms with Crippen molar-refractivity contribution in [3.8, 4) is 0 Å². The second-order valence-corrected chi connectivity index (χ2v) is 6.54. The predicted molar refractivity (Wildman–Crippen MR) is 76.0 cm³/mol. The number of carbonyl (C=O) groups is 1. The van der Waals surface area contributed by atoms with Gasteiger partial charge < -0.3 is 4.98 Å². The van der Waals surface area contributed by atoms with Crippen LogP contribution in [0.4, 0.5) is 0 Å². The predicted octanol–water partition coefficient (Wildman–Crippen LogP) is 2.85. The molecule has 0 spiro atoms. The van der Waals surface area contributed by atoms with Gasteiger partial charge in [0.2, 0.25) is 0 Å². The van der Waals surface area contributed by atoms with E-state index in [2.05, 4.69) is 4.98 Å². The highest BCUT2D eigenvalue weighted by Gasteiger charge is 2.57. The van der Waals surface area contributed by atoms with Gasteiger partial charge in [0.15, 0.2) is 5.78 Å². The number of hydrogen-bond acceptors (Lipinski definition) is 2. The third-order valence-electron chi connectivity index (χ3n) is 5.76. The standard InChI is InChI=1S/C17H15NO2/c19-16-13-9-6-5-8(7-9)12(13)15-14(16)10-3-1-2-4-11(10)18-17(15)20/h1-4,8-9,12-13H,5-7H2,(H,18,20)/t8-,9+,12+,13-/m0/s1. The van der Waals surface area contributed by atoms with Crippen LogP contribution in [0.2, 0.25) is 0 Å². The number of aromatic nitrogens is 1. The summed E-state index contributed by atoms with van der Waals surface area (Å²) >= 11 is 0. The minimum Gasteiger partial charge on any atom is -0.322 e. The first-order chi connectivity index (χ1) is 9.75. The smallest absolute Gasteiger partial charge is 0.252 e. The summed E-state index contributed by atoms with van der Waals surface area (Å²) in [7, 11) is 0. The Labute approximate surface area is 116 Å². The highest BCUT2D eigenvalue weighted by molar-refractivity contribution is 6.12. The fourth-order valence-corrected chi connectivity index (χ4v) is 5.09. The summed E-state index contributed by atoms with van der Waals surface area (Å²) in [4.78, 5) is 28.3. The zero-order valence-corrected chi connectivity index (χ0v) is 11.1. The van der Waals surface area contributed by atoms with Gasteiger partial charge in [-0.25, -0.2) is 0 Å². The topological polar surface area (TPSA) is 49.9 Å². The zero-order valence-electron chi connectivity index (χ0n) is 11.1. The molecule has 1 aromatic heterocycles. The number of fused-ring (bicyclic) bond motifs is 9. The summed E-state index contributed by atoms with van der Waals surface area (Å²) in [5.74, 6) is 1.60. The van der Waals surface area contributed by atoms with Crippen LogP contribution >= 0.6 is 0 Å². The van der Waals surface area contributed by atoms with Crippen molar-refractivity contribution in [2.75, 3.05) is 0 Å². The third-order valence-corrected chi connectivity index (χ3v) is 5.76. The molecule has 1 heterocycles. The van der Waals surface area contributed by atoms with Crippen LogP contribution in [-0.4, -0.2) is 10.8 Å². The minimum absolute atomic E-state index is 0.0351. The highest BCUT2D eigenvalue weighted by Crippen LogP contribution is 2.60. The van der Waals surface area contributed by atoms with Gasteiger partial charge in [-0.1, -0.05) is 18.2 Å². The van der Waals surface area contributed by atoms with Crippen LogP contribution in [0.15, 0.2) is 29.1 Å². The number of para-hydroxylation sites is 1. The molecule has 2 aromatic rings. The third kappa shape index (κ3) is 1.09. The molecule has 2 saturated carbocycles. The molecular weight excluding hydrogens is 250 g/mol. The molecule has 5 rings (SSSR count). The van der Waals surface area contributed by atoms with Crippen LogP contribution in [0.5, 0.6) is 0 Å². The van der Waals surface area contributed by atoms with Crippen molar-refractivity contribution in [2.24, 2.45) is 17.8 Å². The Morgan fingerprint density at radius 3 is 2.60 bits per heavy atom. The lowest BCUT2D eigenvalue weighted by Gasteiger charge is -2.23. The normalized spacial score (nSPS) is 33.7. The fraction of sp³-hybridized carbons (Fsp3) is 0.412. The van der Waals surface area contributed by atoms with Crippen molar-refractivity contribution < 1.29 is 4.79 Å². The molecule has 1 aromatic carbocycles. The van der Waals surface area contributed by atoms with E-state index in [9.17, 15) is 9.59 Å². The SMILES string of the molecule is O=C1c2c(c(=O)[nH]c3ccccc23)[C@@H]2[C@H]3CC[C@H](C3)[C@H]12. The summed E-state index contributed by atoms with van der Waals surface area (Å²) in [5, 5.41) is 0.931. The molecule has 1 N–H and O–H groups in total. The number of rotatable bonds is 0. The number of Topliss-reactive ketones (excluding diaryl/α,β-unsaturated/α-hetero) is 1. The molecule has 4 atom stereocenters. The molecular formula is C17H15NO2. The first kappa shape index (κ1) is 10.8. The molecule has 20 heavy (non-hydrogen) atoms. The average Bonchev–Trinajstić information content (AvgIpc) is 3.12. The molecule has 3 aliphatic carbocycles. The van der Waals surface area contributed by atoms with Gasteiger partial charge in [0.1, 0.15) is 0 Å². The number of ketones is 1. The molecule has 100 valence electrons. The van der Waals surface area contributed by atoms with Gasteiger partial charge in [0.25, 0.3) is 5.56 Å². The van der Waals surface area contributed by atoms with Crippen molar-refractivity contribution in [3.63, 3.8) is 0 Å². The van der Waals surface area contributed by atoms with E-state index in [-0.39, 0.29) is 23.2 Å². The molecule has 2 fully saturated rings. The molecule has 0 saturated heterocycles. The van der Waals surface area contributed by atoms with Gasteiger partial charge in [-0.05, 0) is 37.2 Å². The van der Waals surface area contributed by atoms with Crippen molar-refractivity contribution in [2.45, 2.75) is 25.2 Å². The largest absolute Gasteiger partial charge is 0.322 e. The molecule has 3 aliphatic rings. The van der Waals surface area contributed by atoms with Crippen LogP contribution in [0.3, 0.4) is 0 Å². The van der Waals surface area contributed by atoms with E-state index < -0.39 is 0 Å². The van der Waals surface area contributed by atoms with Crippen LogP contribution in [0, 0.1) is 17.8 Å². The number of hydrogen-bond donors (Lipinski definition) is 1. The van der Waals surface area contributed by atoms with E-state index in [1.165, 1.54) is 12.8 Å². The van der Waals surface area contributed by atoms with E-state index in [0.717, 1.165) is 28.5 Å². The lowest BCUT2D eigenvalue weighted by atomic mass is 9.79. The number of aromatic amines is 1. The molecule has 0 unspecified atom stereocenters. The summed E-state index contributed by atoms with van der Waals surface area (Å²) in [5.41, 5.74) is 2.28. The van der Waals surface area contributed by atoms with Gasteiger partial charge in [-0.3, -0.25) is 9.59 Å². The quantitative estimate of drug-likeness (QED) is 0.796. The van der Waals surface area contributed by atoms with Crippen LogP contribution < -0.4 is 5.56 Å². The summed E-state index contributed by atoms with van der Waals surface area (Å²) in [6.45, 7) is 0. The first-order valence-electron chi connectivity index (χ1n) is 7.45. The second-order valence-electron chi connectivity index (χ2n) is 6.54. The Balaban J connectivity index is 1.89. The van der Waals surface area contributed by atoms with E-state index in [4.69, 9.17) is 0 Å². The van der Waals surface area contributed by atoms with Crippen LogP contribution in [-0.2, 0) is 0 Å². The van der Waals surface area contributed by atoms with Crippen molar-refractivity contribution >= 4 is 16.7 Å². The van der Waals surface area contributed by atoms with Gasteiger partial charge in [-0.2, -0.15) is 0 Å². The van der Waals surface area contributed by atoms with E-state index >= 15 is 0 Å². The minimum atomic E-state index is -0.0351. The summed E-state index contributed by atoms with van der Waals surface area (Å²) in [6, 6.07) is 7.68. The van der Waals surface area contributed by atoms with Gasteiger partial charge >= 0.3 is 0 Å². The lowest BCUT2D eigenvalue weighted by molar-refractivity contribution is 0.0884. The Morgan fingerprint density at radius 1 is 1.00 bits per heavy atom. The van der Waals surface area contributed by atoms with Gasteiger partial charge in [0, 0.05) is 33.9 Å². The monoisotopic (exact) mass is 265 g/mol. The van der Waals surface area contributed by atoms with Crippen LogP contribution in [0.25, 0.3) is 10.9 Å². The van der Waals surface area contributed by atoms with Crippen LogP contribution in [0.1, 0.15) is 41.1 Å². The van der Waals surface area contributed by atoms with Gasteiger partial charge in [-0.15, -0.1) is 0 Å². The maximum atomic E-state index is 12.9. The summed E-state index contributed by atoms with van der Waals surface area (Å²) < 4.78 is 0. The lowest BCUT2D eigenvalue weighted by Crippen LogP contribution is -2.23. The highest BCUT2D eigenvalue weighted by atomic mass is 16.1. The molecule has 2 bridgehead atoms. The van der Waals surface area contributed by atoms with E-state index in [0.29, 0.717) is 11.8 Å². The molecule has 0 aliphatic heterocycles. The Hall–Kier alpha value is -1.90. The van der Waals surface area contributed by atoms with E-state index in [1.54, 1.807) is 0 Å². The fourth-order valence-electron chi connectivity index (χ4n) is 5.09. The Bertz CT molecular complexity index is 819. The second kappa shape index (κ2) is 3.40. The van der Waals surface area contributed by atoms with Crippen molar-refractivity contribution in [3.05, 3.63) is 45.7 Å².